The van der Waals surface area contributed by atoms with Crippen molar-refractivity contribution < 1.29 is 0 Å². The summed E-state index contributed by atoms with van der Waals surface area (Å²) < 4.78 is 0. The Morgan fingerprint density at radius 1 is 0.513 bits per heavy atom. The maximum absolute atomic E-state index is 5.30. The van der Waals surface area contributed by atoms with Crippen molar-refractivity contribution in [3.63, 3.8) is 0 Å². The molecule has 184 valence electrons. The first-order valence-corrected chi connectivity index (χ1v) is 13.5. The van der Waals surface area contributed by atoms with E-state index in [1.807, 2.05) is 6.07 Å². The van der Waals surface area contributed by atoms with Crippen LogP contribution in [0.3, 0.4) is 0 Å². The third kappa shape index (κ3) is 3.21. The molecule has 7 aromatic rings. The van der Waals surface area contributed by atoms with Crippen LogP contribution in [0.2, 0.25) is 0 Å². The molecule has 0 N–H and O–H groups in total. The third-order valence-electron chi connectivity index (χ3n) is 8.44. The quantitative estimate of drug-likeness (QED) is 0.222. The summed E-state index contributed by atoms with van der Waals surface area (Å²) in [5.41, 5.74) is 11.2. The molecule has 2 nitrogen and oxygen atoms in total. The first-order chi connectivity index (χ1) is 19.1. The van der Waals surface area contributed by atoms with Gasteiger partial charge in [0.15, 0.2) is 0 Å². The van der Waals surface area contributed by atoms with Crippen LogP contribution in [0.1, 0.15) is 25.0 Å². The number of fused-ring (bicyclic) bond motifs is 8. The lowest BCUT2D eigenvalue weighted by Gasteiger charge is -2.21. The SMILES string of the molecule is CC1(C)c2ccccc2-c2c1ccc1ccc(-c3nc4ccc5ccccc5c4nc3-c3ccccc3)cc21. The van der Waals surface area contributed by atoms with Crippen LogP contribution in [-0.4, -0.2) is 9.97 Å². The Morgan fingerprint density at radius 2 is 1.21 bits per heavy atom. The van der Waals surface area contributed by atoms with Crippen LogP contribution in [0.4, 0.5) is 0 Å². The number of hydrogen-bond donors (Lipinski definition) is 0. The van der Waals surface area contributed by atoms with E-state index in [0.29, 0.717) is 0 Å². The van der Waals surface area contributed by atoms with Crippen molar-refractivity contribution in [1.82, 2.24) is 9.97 Å². The van der Waals surface area contributed by atoms with Crippen LogP contribution >= 0.6 is 0 Å². The molecule has 0 atom stereocenters. The molecule has 0 fully saturated rings. The Balaban J connectivity index is 1.44. The van der Waals surface area contributed by atoms with E-state index < -0.39 is 0 Å². The lowest BCUT2D eigenvalue weighted by molar-refractivity contribution is 0.661. The Labute approximate surface area is 227 Å². The minimum atomic E-state index is -0.0326. The van der Waals surface area contributed by atoms with Gasteiger partial charge in [0.25, 0.3) is 0 Å². The van der Waals surface area contributed by atoms with Gasteiger partial charge < -0.3 is 0 Å². The highest BCUT2D eigenvalue weighted by atomic mass is 14.8. The monoisotopic (exact) mass is 498 g/mol. The van der Waals surface area contributed by atoms with E-state index in [0.717, 1.165) is 38.9 Å². The van der Waals surface area contributed by atoms with Crippen LogP contribution in [-0.2, 0) is 5.41 Å². The molecule has 6 aromatic carbocycles. The van der Waals surface area contributed by atoms with Crippen molar-refractivity contribution >= 4 is 32.6 Å². The summed E-state index contributed by atoms with van der Waals surface area (Å²) in [5.74, 6) is 0. The number of rotatable bonds is 2. The molecule has 0 spiro atoms. The molecule has 2 heteroatoms. The Kier molecular flexibility index (Phi) is 4.60. The highest BCUT2D eigenvalue weighted by Gasteiger charge is 2.36. The van der Waals surface area contributed by atoms with E-state index in [-0.39, 0.29) is 5.41 Å². The molecule has 8 rings (SSSR count). The van der Waals surface area contributed by atoms with Gasteiger partial charge in [-0.15, -0.1) is 0 Å². The molecule has 0 amide bonds. The Hall–Kier alpha value is -4.82. The largest absolute Gasteiger partial charge is 0.244 e. The normalized spacial score (nSPS) is 13.6. The summed E-state index contributed by atoms with van der Waals surface area (Å²) in [4.78, 5) is 10.6. The molecule has 1 aromatic heterocycles. The fourth-order valence-corrected chi connectivity index (χ4v) is 6.46. The van der Waals surface area contributed by atoms with Gasteiger partial charge in [-0.25, -0.2) is 9.97 Å². The summed E-state index contributed by atoms with van der Waals surface area (Å²) in [6, 6.07) is 43.3. The average Bonchev–Trinajstić information content (AvgIpc) is 3.23. The topological polar surface area (TPSA) is 25.8 Å². The summed E-state index contributed by atoms with van der Waals surface area (Å²) in [7, 11) is 0. The smallest absolute Gasteiger partial charge is 0.0973 e. The summed E-state index contributed by atoms with van der Waals surface area (Å²) in [6.45, 7) is 4.67. The predicted molar refractivity (Wildman–Crippen MR) is 163 cm³/mol. The van der Waals surface area contributed by atoms with Gasteiger partial charge in [0.1, 0.15) is 0 Å². The van der Waals surface area contributed by atoms with Gasteiger partial charge in [-0.1, -0.05) is 123 Å². The maximum Gasteiger partial charge on any atom is 0.0973 e. The minimum absolute atomic E-state index is 0.0326. The molecule has 0 radical (unpaired) electrons. The average molecular weight is 499 g/mol. The fraction of sp³-hybridized carbons (Fsp3) is 0.0811. The van der Waals surface area contributed by atoms with Crippen molar-refractivity contribution in [3.8, 4) is 33.6 Å². The second kappa shape index (κ2) is 8.09. The number of nitrogens with zero attached hydrogens (tertiary/aromatic N) is 2. The molecule has 0 unspecified atom stereocenters. The zero-order valence-corrected chi connectivity index (χ0v) is 21.9. The molecular weight excluding hydrogens is 472 g/mol. The third-order valence-corrected chi connectivity index (χ3v) is 8.44. The summed E-state index contributed by atoms with van der Waals surface area (Å²) in [6.07, 6.45) is 0. The summed E-state index contributed by atoms with van der Waals surface area (Å²) >= 11 is 0. The zero-order valence-electron chi connectivity index (χ0n) is 21.9. The van der Waals surface area contributed by atoms with Gasteiger partial charge in [-0.3, -0.25) is 0 Å². The molecular formula is C37H26N2. The van der Waals surface area contributed by atoms with Crippen molar-refractivity contribution in [3.05, 3.63) is 132 Å². The molecule has 0 aliphatic heterocycles. The van der Waals surface area contributed by atoms with Crippen LogP contribution < -0.4 is 0 Å². The van der Waals surface area contributed by atoms with Gasteiger partial charge in [0.05, 0.1) is 22.4 Å². The molecule has 39 heavy (non-hydrogen) atoms. The van der Waals surface area contributed by atoms with Crippen molar-refractivity contribution in [2.75, 3.05) is 0 Å². The number of hydrogen-bond acceptors (Lipinski definition) is 2. The molecule has 1 aliphatic rings. The number of benzene rings is 6. The summed E-state index contributed by atoms with van der Waals surface area (Å²) in [5, 5.41) is 4.81. The minimum Gasteiger partial charge on any atom is -0.244 e. The maximum atomic E-state index is 5.30. The van der Waals surface area contributed by atoms with Gasteiger partial charge in [-0.2, -0.15) is 0 Å². The van der Waals surface area contributed by atoms with Crippen molar-refractivity contribution in [1.29, 1.82) is 0 Å². The zero-order chi connectivity index (χ0) is 26.1. The lowest BCUT2D eigenvalue weighted by atomic mass is 9.82. The second-order valence-electron chi connectivity index (χ2n) is 11.0. The van der Waals surface area contributed by atoms with Crippen LogP contribution in [0.25, 0.3) is 66.2 Å². The standard InChI is InChI=1S/C37H26N2/c1-37(2)30-15-9-8-14-28(30)33-29-22-26(17-16-24(29)18-20-31(33)37)35-34(25-11-4-3-5-12-25)39-36-27-13-7-6-10-23(27)19-21-32(36)38-35/h3-22H,1-2H3. The fourth-order valence-electron chi connectivity index (χ4n) is 6.46. The van der Waals surface area contributed by atoms with E-state index in [4.69, 9.17) is 9.97 Å². The Bertz CT molecular complexity index is 2090. The Morgan fingerprint density at radius 3 is 2.10 bits per heavy atom. The predicted octanol–water partition coefficient (Wildman–Crippen LogP) is 9.58. The highest BCUT2D eigenvalue weighted by Crippen LogP contribution is 2.51. The molecule has 0 bridgehead atoms. The molecule has 1 heterocycles. The van der Waals surface area contributed by atoms with Crippen LogP contribution in [0, 0.1) is 0 Å². The lowest BCUT2D eigenvalue weighted by Crippen LogP contribution is -2.14. The highest BCUT2D eigenvalue weighted by molar-refractivity contribution is 6.07. The van der Waals surface area contributed by atoms with E-state index >= 15 is 0 Å². The second-order valence-corrected chi connectivity index (χ2v) is 11.0. The van der Waals surface area contributed by atoms with Crippen LogP contribution in [0.5, 0.6) is 0 Å². The molecule has 0 saturated heterocycles. The van der Waals surface area contributed by atoms with E-state index in [9.17, 15) is 0 Å². The first kappa shape index (κ1) is 22.2. The molecule has 0 saturated carbocycles. The first-order valence-electron chi connectivity index (χ1n) is 13.5. The van der Waals surface area contributed by atoms with Crippen molar-refractivity contribution in [2.24, 2.45) is 0 Å². The molecule has 1 aliphatic carbocycles. The van der Waals surface area contributed by atoms with E-state index in [2.05, 4.69) is 129 Å². The van der Waals surface area contributed by atoms with E-state index in [1.165, 1.54) is 38.4 Å². The van der Waals surface area contributed by atoms with Crippen LogP contribution in [0.15, 0.2) is 121 Å². The number of aromatic nitrogens is 2. The van der Waals surface area contributed by atoms with E-state index in [1.54, 1.807) is 0 Å². The van der Waals surface area contributed by atoms with Crippen molar-refractivity contribution in [2.45, 2.75) is 19.3 Å². The van der Waals surface area contributed by atoms with Gasteiger partial charge in [-0.05, 0) is 50.5 Å². The van der Waals surface area contributed by atoms with Gasteiger partial charge in [0, 0.05) is 21.9 Å². The van der Waals surface area contributed by atoms with Gasteiger partial charge in [0.2, 0.25) is 0 Å². The van der Waals surface area contributed by atoms with Gasteiger partial charge >= 0.3 is 0 Å².